The van der Waals surface area contributed by atoms with Gasteiger partial charge in [0.1, 0.15) is 0 Å². The zero-order valence-corrected chi connectivity index (χ0v) is 8.70. The summed E-state index contributed by atoms with van der Waals surface area (Å²) in [7, 11) is 0. The largest absolute Gasteiger partial charge is 0.268 e. The van der Waals surface area contributed by atoms with Crippen LogP contribution < -0.4 is 0 Å². The molecule has 0 N–H and O–H groups in total. The molecule has 0 atom stereocenters. The number of halogens is 1. The monoisotopic (exact) mass is 206 g/mol. The number of nitrogens with zero attached hydrogens (tertiary/aromatic N) is 2. The SMILES string of the molecule is Cc1cc(Cn2cccn2)ccc1Cl. The fourth-order valence-electron chi connectivity index (χ4n) is 1.39. The van der Waals surface area contributed by atoms with E-state index < -0.39 is 0 Å². The molecular formula is C11H11ClN2. The minimum Gasteiger partial charge on any atom is -0.268 e. The van der Waals surface area contributed by atoms with Gasteiger partial charge in [-0.2, -0.15) is 5.10 Å². The van der Waals surface area contributed by atoms with Crippen molar-refractivity contribution in [3.63, 3.8) is 0 Å². The summed E-state index contributed by atoms with van der Waals surface area (Å²) in [5.74, 6) is 0. The molecule has 0 spiro atoms. The van der Waals surface area contributed by atoms with Crippen LogP contribution in [-0.4, -0.2) is 9.78 Å². The molecule has 2 aromatic rings. The van der Waals surface area contributed by atoms with E-state index >= 15 is 0 Å². The van der Waals surface area contributed by atoms with Gasteiger partial charge in [-0.1, -0.05) is 23.7 Å². The lowest BCUT2D eigenvalue weighted by Crippen LogP contribution is -1.99. The van der Waals surface area contributed by atoms with Crippen molar-refractivity contribution in [3.8, 4) is 0 Å². The van der Waals surface area contributed by atoms with Crippen LogP contribution in [-0.2, 0) is 6.54 Å². The molecule has 0 radical (unpaired) electrons. The molecule has 1 aromatic heterocycles. The van der Waals surface area contributed by atoms with Crippen LogP contribution >= 0.6 is 11.6 Å². The molecule has 0 aliphatic rings. The van der Waals surface area contributed by atoms with Gasteiger partial charge in [0.15, 0.2) is 0 Å². The smallest absolute Gasteiger partial charge is 0.0659 e. The quantitative estimate of drug-likeness (QED) is 0.739. The van der Waals surface area contributed by atoms with Gasteiger partial charge >= 0.3 is 0 Å². The summed E-state index contributed by atoms with van der Waals surface area (Å²) in [5, 5.41) is 4.96. The van der Waals surface area contributed by atoms with E-state index in [0.29, 0.717) is 0 Å². The minimum absolute atomic E-state index is 0.797. The maximum absolute atomic E-state index is 5.94. The van der Waals surface area contributed by atoms with Gasteiger partial charge in [-0.25, -0.2) is 0 Å². The first-order valence-corrected chi connectivity index (χ1v) is 4.86. The van der Waals surface area contributed by atoms with Gasteiger partial charge < -0.3 is 0 Å². The Hall–Kier alpha value is -1.28. The summed E-state index contributed by atoms with van der Waals surface area (Å²) in [6, 6.07) is 7.96. The second kappa shape index (κ2) is 3.84. The van der Waals surface area contributed by atoms with Crippen molar-refractivity contribution in [2.24, 2.45) is 0 Å². The molecule has 0 aliphatic heterocycles. The van der Waals surface area contributed by atoms with Gasteiger partial charge in [-0.3, -0.25) is 4.68 Å². The molecule has 72 valence electrons. The Labute approximate surface area is 88.1 Å². The maximum atomic E-state index is 5.94. The Morgan fingerprint density at radius 3 is 2.93 bits per heavy atom. The van der Waals surface area contributed by atoms with E-state index in [1.165, 1.54) is 5.56 Å². The highest BCUT2D eigenvalue weighted by Crippen LogP contribution is 2.16. The first-order valence-electron chi connectivity index (χ1n) is 4.48. The van der Waals surface area contributed by atoms with Crippen LogP contribution in [0.15, 0.2) is 36.7 Å². The van der Waals surface area contributed by atoms with E-state index in [2.05, 4.69) is 11.2 Å². The Kier molecular flexibility index (Phi) is 2.55. The lowest BCUT2D eigenvalue weighted by atomic mass is 10.1. The lowest BCUT2D eigenvalue weighted by Gasteiger charge is -2.04. The second-order valence-corrected chi connectivity index (χ2v) is 3.69. The molecule has 3 heteroatoms. The summed E-state index contributed by atoms with van der Waals surface area (Å²) >= 11 is 5.94. The molecule has 1 heterocycles. The number of hydrogen-bond donors (Lipinski definition) is 0. The highest BCUT2D eigenvalue weighted by atomic mass is 35.5. The number of hydrogen-bond acceptors (Lipinski definition) is 1. The van der Waals surface area contributed by atoms with Gasteiger partial charge in [0, 0.05) is 17.4 Å². The Morgan fingerprint density at radius 1 is 1.43 bits per heavy atom. The number of aryl methyl sites for hydroxylation is 1. The molecule has 0 aliphatic carbocycles. The van der Waals surface area contributed by atoms with Crippen LogP contribution in [0.4, 0.5) is 0 Å². The molecule has 14 heavy (non-hydrogen) atoms. The first-order chi connectivity index (χ1) is 6.75. The molecule has 0 saturated heterocycles. The molecule has 0 saturated carbocycles. The van der Waals surface area contributed by atoms with Crippen LogP contribution in [0.25, 0.3) is 0 Å². The zero-order chi connectivity index (χ0) is 9.97. The van der Waals surface area contributed by atoms with Crippen molar-refractivity contribution < 1.29 is 0 Å². The van der Waals surface area contributed by atoms with Gasteiger partial charge in [0.05, 0.1) is 6.54 Å². The zero-order valence-electron chi connectivity index (χ0n) is 7.94. The highest BCUT2D eigenvalue weighted by molar-refractivity contribution is 6.31. The van der Waals surface area contributed by atoms with Crippen molar-refractivity contribution in [2.45, 2.75) is 13.5 Å². The van der Waals surface area contributed by atoms with Crippen LogP contribution in [0.3, 0.4) is 0 Å². The van der Waals surface area contributed by atoms with E-state index in [9.17, 15) is 0 Å². The molecule has 0 amide bonds. The Balaban J connectivity index is 2.22. The fourth-order valence-corrected chi connectivity index (χ4v) is 1.50. The fraction of sp³-hybridized carbons (Fsp3) is 0.182. The topological polar surface area (TPSA) is 17.8 Å². The Morgan fingerprint density at radius 2 is 2.29 bits per heavy atom. The van der Waals surface area contributed by atoms with Crippen LogP contribution in [0, 0.1) is 6.92 Å². The average Bonchev–Trinajstić information content (AvgIpc) is 2.64. The van der Waals surface area contributed by atoms with Crippen LogP contribution in [0.5, 0.6) is 0 Å². The van der Waals surface area contributed by atoms with Crippen molar-refractivity contribution in [2.75, 3.05) is 0 Å². The van der Waals surface area contributed by atoms with Gasteiger partial charge in [0.2, 0.25) is 0 Å². The van der Waals surface area contributed by atoms with Crippen molar-refractivity contribution in [1.82, 2.24) is 9.78 Å². The normalized spacial score (nSPS) is 10.4. The van der Waals surface area contributed by atoms with Crippen LogP contribution in [0.1, 0.15) is 11.1 Å². The second-order valence-electron chi connectivity index (χ2n) is 3.29. The summed E-state index contributed by atoms with van der Waals surface area (Å²) in [4.78, 5) is 0. The summed E-state index contributed by atoms with van der Waals surface area (Å²) < 4.78 is 1.89. The third-order valence-electron chi connectivity index (χ3n) is 2.13. The highest BCUT2D eigenvalue weighted by Gasteiger charge is 1.98. The summed E-state index contributed by atoms with van der Waals surface area (Å²) in [6.07, 6.45) is 3.73. The molecule has 1 aromatic carbocycles. The third-order valence-corrected chi connectivity index (χ3v) is 2.55. The molecular weight excluding hydrogens is 196 g/mol. The van der Waals surface area contributed by atoms with E-state index in [1.54, 1.807) is 6.20 Å². The number of aromatic nitrogens is 2. The lowest BCUT2D eigenvalue weighted by molar-refractivity contribution is 0.686. The van der Waals surface area contributed by atoms with E-state index in [4.69, 9.17) is 11.6 Å². The first kappa shape index (κ1) is 9.28. The van der Waals surface area contributed by atoms with Gasteiger partial charge in [-0.15, -0.1) is 0 Å². The molecule has 0 bridgehead atoms. The average molecular weight is 207 g/mol. The van der Waals surface area contributed by atoms with Crippen molar-refractivity contribution >= 4 is 11.6 Å². The summed E-state index contributed by atoms with van der Waals surface area (Å²) in [6.45, 7) is 2.81. The van der Waals surface area contributed by atoms with E-state index in [-0.39, 0.29) is 0 Å². The van der Waals surface area contributed by atoms with Crippen LogP contribution in [0.2, 0.25) is 5.02 Å². The predicted molar refractivity (Wildman–Crippen MR) is 57.5 cm³/mol. The van der Waals surface area contributed by atoms with E-state index in [1.807, 2.05) is 36.0 Å². The van der Waals surface area contributed by atoms with Gasteiger partial charge in [0.25, 0.3) is 0 Å². The molecule has 0 unspecified atom stereocenters. The van der Waals surface area contributed by atoms with Gasteiger partial charge in [-0.05, 0) is 30.2 Å². The Bertz CT molecular complexity index is 421. The molecule has 0 fully saturated rings. The number of rotatable bonds is 2. The standard InChI is InChI=1S/C11H11ClN2/c1-9-7-10(3-4-11(9)12)8-14-6-2-5-13-14/h2-7H,8H2,1H3. The number of benzene rings is 1. The third kappa shape index (κ3) is 1.96. The van der Waals surface area contributed by atoms with E-state index in [0.717, 1.165) is 17.1 Å². The summed E-state index contributed by atoms with van der Waals surface area (Å²) in [5.41, 5.74) is 2.33. The molecule has 2 rings (SSSR count). The van der Waals surface area contributed by atoms with Crippen molar-refractivity contribution in [3.05, 3.63) is 52.8 Å². The van der Waals surface area contributed by atoms with Crippen molar-refractivity contribution in [1.29, 1.82) is 0 Å². The minimum atomic E-state index is 0.797. The molecule has 2 nitrogen and oxygen atoms in total. The predicted octanol–water partition coefficient (Wildman–Crippen LogP) is 2.89. The maximum Gasteiger partial charge on any atom is 0.0659 e.